The lowest BCUT2D eigenvalue weighted by molar-refractivity contribution is 0.479. The van der Waals surface area contributed by atoms with Crippen LogP contribution in [0.3, 0.4) is 0 Å². The van der Waals surface area contributed by atoms with Crippen LogP contribution in [-0.4, -0.2) is 40.9 Å². The Balaban J connectivity index is 1.59. The Labute approximate surface area is 112 Å². The standard InChI is InChI=1S/C13H19N5O/c1-10-9-18(7-6-14-10)13-15-12(16-17-13)5-4-11-3-2-8-19-11/h2-3,8,10,14H,4-7,9H2,1H3,(H,15,16,17). The third-order valence-corrected chi connectivity index (χ3v) is 3.36. The van der Waals surface area contributed by atoms with E-state index in [4.69, 9.17) is 4.42 Å². The van der Waals surface area contributed by atoms with Gasteiger partial charge in [0.25, 0.3) is 0 Å². The Morgan fingerprint density at radius 3 is 3.21 bits per heavy atom. The molecule has 0 radical (unpaired) electrons. The van der Waals surface area contributed by atoms with Crippen molar-refractivity contribution in [2.75, 3.05) is 24.5 Å². The van der Waals surface area contributed by atoms with Crippen molar-refractivity contribution in [2.24, 2.45) is 0 Å². The van der Waals surface area contributed by atoms with Crippen molar-refractivity contribution in [3.8, 4) is 0 Å². The molecule has 102 valence electrons. The molecular formula is C13H19N5O. The molecule has 6 heteroatoms. The fourth-order valence-electron chi connectivity index (χ4n) is 2.35. The van der Waals surface area contributed by atoms with Gasteiger partial charge >= 0.3 is 0 Å². The largest absolute Gasteiger partial charge is 0.469 e. The van der Waals surface area contributed by atoms with Crippen LogP contribution in [0.15, 0.2) is 22.8 Å². The number of nitrogens with one attached hydrogen (secondary N) is 2. The molecule has 1 atom stereocenters. The summed E-state index contributed by atoms with van der Waals surface area (Å²) in [4.78, 5) is 6.77. The predicted octanol–water partition coefficient (Wildman–Crippen LogP) is 0.981. The molecule has 1 saturated heterocycles. The van der Waals surface area contributed by atoms with Crippen LogP contribution in [0.25, 0.3) is 0 Å². The lowest BCUT2D eigenvalue weighted by Gasteiger charge is -2.30. The molecule has 2 N–H and O–H groups in total. The zero-order chi connectivity index (χ0) is 13.1. The van der Waals surface area contributed by atoms with E-state index in [-0.39, 0.29) is 0 Å². The Bertz CT molecular complexity index is 507. The number of furan rings is 1. The number of hydrogen-bond acceptors (Lipinski definition) is 5. The molecule has 3 rings (SSSR count). The van der Waals surface area contributed by atoms with Gasteiger partial charge < -0.3 is 14.6 Å². The van der Waals surface area contributed by atoms with Crippen molar-refractivity contribution in [3.05, 3.63) is 30.0 Å². The van der Waals surface area contributed by atoms with Gasteiger partial charge in [-0.15, -0.1) is 5.10 Å². The number of anilines is 1. The maximum absolute atomic E-state index is 5.31. The van der Waals surface area contributed by atoms with E-state index >= 15 is 0 Å². The molecular weight excluding hydrogens is 242 g/mol. The third kappa shape index (κ3) is 2.96. The fourth-order valence-corrected chi connectivity index (χ4v) is 2.35. The molecule has 19 heavy (non-hydrogen) atoms. The monoisotopic (exact) mass is 261 g/mol. The normalized spacial score (nSPS) is 19.8. The van der Waals surface area contributed by atoms with Crippen molar-refractivity contribution in [2.45, 2.75) is 25.8 Å². The van der Waals surface area contributed by atoms with E-state index < -0.39 is 0 Å². The van der Waals surface area contributed by atoms with E-state index in [9.17, 15) is 0 Å². The highest BCUT2D eigenvalue weighted by Crippen LogP contribution is 2.11. The summed E-state index contributed by atoms with van der Waals surface area (Å²) in [7, 11) is 0. The van der Waals surface area contributed by atoms with Gasteiger partial charge in [-0.2, -0.15) is 4.98 Å². The number of aromatic nitrogens is 3. The lowest BCUT2D eigenvalue weighted by atomic mass is 10.2. The van der Waals surface area contributed by atoms with E-state index in [1.807, 2.05) is 12.1 Å². The maximum atomic E-state index is 5.31. The average Bonchev–Trinajstić information content (AvgIpc) is 3.08. The molecule has 1 fully saturated rings. The summed E-state index contributed by atoms with van der Waals surface area (Å²) in [5.74, 6) is 2.70. The second-order valence-corrected chi connectivity index (χ2v) is 4.96. The molecule has 0 aromatic carbocycles. The highest BCUT2D eigenvalue weighted by Gasteiger charge is 2.19. The maximum Gasteiger partial charge on any atom is 0.244 e. The topological polar surface area (TPSA) is 70.0 Å². The molecule has 0 spiro atoms. The summed E-state index contributed by atoms with van der Waals surface area (Å²) >= 11 is 0. The number of aryl methyl sites for hydroxylation is 2. The Hall–Kier alpha value is -1.82. The Kier molecular flexibility index (Phi) is 3.50. The minimum absolute atomic E-state index is 0.485. The van der Waals surface area contributed by atoms with Gasteiger partial charge in [-0.25, -0.2) is 0 Å². The van der Waals surface area contributed by atoms with Gasteiger partial charge in [-0.3, -0.25) is 5.10 Å². The summed E-state index contributed by atoms with van der Waals surface area (Å²) in [6, 6.07) is 4.37. The third-order valence-electron chi connectivity index (χ3n) is 3.36. The SMILES string of the molecule is CC1CN(c2n[nH]c(CCc3ccco3)n2)CCN1. The summed E-state index contributed by atoms with van der Waals surface area (Å²) in [5.41, 5.74) is 0. The average molecular weight is 261 g/mol. The van der Waals surface area contributed by atoms with Gasteiger partial charge in [0.15, 0.2) is 0 Å². The minimum Gasteiger partial charge on any atom is -0.469 e. The lowest BCUT2D eigenvalue weighted by Crippen LogP contribution is -2.49. The van der Waals surface area contributed by atoms with E-state index in [0.29, 0.717) is 6.04 Å². The van der Waals surface area contributed by atoms with E-state index in [2.05, 4.69) is 32.3 Å². The second kappa shape index (κ2) is 5.44. The van der Waals surface area contributed by atoms with Crippen LogP contribution < -0.4 is 10.2 Å². The zero-order valence-corrected chi connectivity index (χ0v) is 11.1. The van der Waals surface area contributed by atoms with Gasteiger partial charge in [-0.05, 0) is 19.1 Å². The molecule has 1 unspecified atom stereocenters. The van der Waals surface area contributed by atoms with Gasteiger partial charge in [0, 0.05) is 38.5 Å². The highest BCUT2D eigenvalue weighted by atomic mass is 16.3. The van der Waals surface area contributed by atoms with Gasteiger partial charge in [-0.1, -0.05) is 0 Å². The summed E-state index contributed by atoms with van der Waals surface area (Å²) < 4.78 is 5.31. The van der Waals surface area contributed by atoms with Gasteiger partial charge in [0.1, 0.15) is 11.6 Å². The van der Waals surface area contributed by atoms with E-state index in [1.165, 1.54) is 0 Å². The first-order chi connectivity index (χ1) is 9.31. The summed E-state index contributed by atoms with van der Waals surface area (Å²) in [6.07, 6.45) is 3.37. The number of hydrogen-bond donors (Lipinski definition) is 2. The molecule has 1 aliphatic rings. The van der Waals surface area contributed by atoms with Crippen LogP contribution in [-0.2, 0) is 12.8 Å². The molecule has 0 amide bonds. The van der Waals surface area contributed by atoms with Crippen molar-refractivity contribution in [1.29, 1.82) is 0 Å². The first-order valence-corrected chi connectivity index (χ1v) is 6.73. The van der Waals surface area contributed by atoms with Crippen LogP contribution in [0, 0.1) is 0 Å². The quantitative estimate of drug-likeness (QED) is 0.858. The van der Waals surface area contributed by atoms with Crippen LogP contribution in [0.5, 0.6) is 0 Å². The van der Waals surface area contributed by atoms with E-state index in [1.54, 1.807) is 6.26 Å². The number of H-pyrrole nitrogens is 1. The van der Waals surface area contributed by atoms with Gasteiger partial charge in [0.05, 0.1) is 6.26 Å². The molecule has 2 aromatic heterocycles. The van der Waals surface area contributed by atoms with Gasteiger partial charge in [0.2, 0.25) is 5.95 Å². The van der Waals surface area contributed by atoms with Crippen LogP contribution in [0.2, 0.25) is 0 Å². The molecule has 3 heterocycles. The summed E-state index contributed by atoms with van der Waals surface area (Å²) in [6.45, 7) is 5.07. The molecule has 2 aromatic rings. The van der Waals surface area contributed by atoms with Crippen LogP contribution in [0.1, 0.15) is 18.5 Å². The molecule has 0 saturated carbocycles. The fraction of sp³-hybridized carbons (Fsp3) is 0.538. The Morgan fingerprint density at radius 1 is 1.47 bits per heavy atom. The highest BCUT2D eigenvalue weighted by molar-refractivity contribution is 5.30. The first-order valence-electron chi connectivity index (χ1n) is 6.73. The minimum atomic E-state index is 0.485. The number of piperazine rings is 1. The molecule has 0 bridgehead atoms. The molecule has 0 aliphatic carbocycles. The number of aromatic amines is 1. The molecule has 6 nitrogen and oxygen atoms in total. The van der Waals surface area contributed by atoms with E-state index in [0.717, 1.165) is 50.0 Å². The van der Waals surface area contributed by atoms with Crippen molar-refractivity contribution in [3.63, 3.8) is 0 Å². The Morgan fingerprint density at radius 2 is 2.42 bits per heavy atom. The summed E-state index contributed by atoms with van der Waals surface area (Å²) in [5, 5.41) is 10.7. The predicted molar refractivity (Wildman–Crippen MR) is 72.2 cm³/mol. The van der Waals surface area contributed by atoms with Crippen molar-refractivity contribution >= 4 is 5.95 Å². The zero-order valence-electron chi connectivity index (χ0n) is 11.1. The van der Waals surface area contributed by atoms with Crippen molar-refractivity contribution in [1.82, 2.24) is 20.5 Å². The second-order valence-electron chi connectivity index (χ2n) is 4.96. The molecule has 1 aliphatic heterocycles. The van der Waals surface area contributed by atoms with Crippen LogP contribution >= 0.6 is 0 Å². The first kappa shape index (κ1) is 12.2. The number of rotatable bonds is 4. The van der Waals surface area contributed by atoms with Crippen molar-refractivity contribution < 1.29 is 4.42 Å². The van der Waals surface area contributed by atoms with Crippen LogP contribution in [0.4, 0.5) is 5.95 Å². The smallest absolute Gasteiger partial charge is 0.244 e. The number of nitrogens with zero attached hydrogens (tertiary/aromatic N) is 3.